The summed E-state index contributed by atoms with van der Waals surface area (Å²) in [4.78, 5) is 30.8. The smallest absolute Gasteiger partial charge is 0.381 e. The first-order valence-electron chi connectivity index (χ1n) is 12.1. The Labute approximate surface area is 221 Å². The number of hydrogen-bond acceptors (Lipinski definition) is 7. The topological polar surface area (TPSA) is 193 Å². The number of piperidine rings is 1. The first kappa shape index (κ1) is 28.8. The van der Waals surface area contributed by atoms with Crippen molar-refractivity contribution in [2.24, 2.45) is 5.73 Å². The molecule has 38 heavy (non-hydrogen) atoms. The molecule has 0 radical (unpaired) electrons. The summed E-state index contributed by atoms with van der Waals surface area (Å²) in [6, 6.07) is 5.90. The van der Waals surface area contributed by atoms with Crippen molar-refractivity contribution < 1.29 is 27.1 Å². The normalized spacial score (nSPS) is 14.1. The Hall–Kier alpha value is -3.75. The predicted molar refractivity (Wildman–Crippen MR) is 142 cm³/mol. The maximum atomic E-state index is 13.2. The number of benzene rings is 1. The Morgan fingerprint density at radius 3 is 2.37 bits per heavy atom. The standard InChI is InChI=1S/C24H31N7O2.H2O4S/c1-4-31-22-19(14-28-31)21(29-18-7-9-30(10-8-18)24(25)33)20(13-26-22)23(32)27-12-17-6-5-15(2)16(3)11-17;1-5(2,3)4/h5-6,11,13-14,18H,4,7-10,12H2,1-3H3,(H2,25,33)(H,26,29)(H,27,32);(H2,1,2,3,4). The van der Waals surface area contributed by atoms with Gasteiger partial charge in [0, 0.05) is 38.4 Å². The van der Waals surface area contributed by atoms with Crippen LogP contribution in [0.5, 0.6) is 0 Å². The van der Waals surface area contributed by atoms with Crippen LogP contribution in [0.4, 0.5) is 10.5 Å². The van der Waals surface area contributed by atoms with E-state index in [2.05, 4.69) is 46.7 Å². The van der Waals surface area contributed by atoms with Crippen LogP contribution in [0.15, 0.2) is 30.6 Å². The van der Waals surface area contributed by atoms with E-state index in [4.69, 9.17) is 23.3 Å². The molecule has 6 N–H and O–H groups in total. The molecule has 1 fully saturated rings. The third-order valence-corrected chi connectivity index (χ3v) is 6.39. The number of nitrogens with zero attached hydrogens (tertiary/aromatic N) is 4. The second-order valence-electron chi connectivity index (χ2n) is 9.04. The minimum absolute atomic E-state index is 0.113. The number of amides is 3. The van der Waals surface area contributed by atoms with Crippen molar-refractivity contribution in [3.63, 3.8) is 0 Å². The number of aryl methyl sites for hydroxylation is 3. The zero-order valence-electron chi connectivity index (χ0n) is 21.5. The Kier molecular flexibility index (Phi) is 9.25. The van der Waals surface area contributed by atoms with Gasteiger partial charge in [-0.2, -0.15) is 13.5 Å². The lowest BCUT2D eigenvalue weighted by Gasteiger charge is -2.32. The number of nitrogens with two attached hydrogens (primary N) is 1. The summed E-state index contributed by atoms with van der Waals surface area (Å²) < 4.78 is 33.4. The van der Waals surface area contributed by atoms with Gasteiger partial charge in [0.15, 0.2) is 5.65 Å². The number of rotatable bonds is 6. The zero-order chi connectivity index (χ0) is 28.0. The van der Waals surface area contributed by atoms with Gasteiger partial charge in [-0.25, -0.2) is 14.5 Å². The monoisotopic (exact) mass is 547 g/mol. The number of anilines is 1. The molecule has 1 aliphatic rings. The van der Waals surface area contributed by atoms with Gasteiger partial charge in [-0.3, -0.25) is 13.9 Å². The molecule has 1 saturated heterocycles. The van der Waals surface area contributed by atoms with Gasteiger partial charge in [0.1, 0.15) is 0 Å². The average Bonchev–Trinajstić information content (AvgIpc) is 3.28. The van der Waals surface area contributed by atoms with Crippen molar-refractivity contribution in [2.75, 3.05) is 18.4 Å². The van der Waals surface area contributed by atoms with Gasteiger partial charge in [0.2, 0.25) is 0 Å². The number of primary amides is 1. The molecule has 4 rings (SSSR count). The van der Waals surface area contributed by atoms with E-state index < -0.39 is 16.4 Å². The van der Waals surface area contributed by atoms with E-state index in [0.717, 1.165) is 35.1 Å². The maximum absolute atomic E-state index is 13.2. The molecule has 3 amide bonds. The second kappa shape index (κ2) is 12.2. The number of nitrogens with one attached hydrogen (secondary N) is 2. The van der Waals surface area contributed by atoms with Gasteiger partial charge in [-0.05, 0) is 50.3 Å². The van der Waals surface area contributed by atoms with Crippen LogP contribution in [0, 0.1) is 13.8 Å². The minimum Gasteiger partial charge on any atom is -0.381 e. The van der Waals surface area contributed by atoms with E-state index in [1.165, 1.54) is 11.1 Å². The van der Waals surface area contributed by atoms with E-state index in [1.54, 1.807) is 17.3 Å². The van der Waals surface area contributed by atoms with Crippen molar-refractivity contribution in [3.05, 3.63) is 52.8 Å². The first-order chi connectivity index (χ1) is 17.9. The van der Waals surface area contributed by atoms with Gasteiger partial charge in [-0.15, -0.1) is 0 Å². The summed E-state index contributed by atoms with van der Waals surface area (Å²) in [6.07, 6.45) is 4.87. The average molecular weight is 548 g/mol. The Morgan fingerprint density at radius 2 is 1.79 bits per heavy atom. The Bertz CT molecular complexity index is 1410. The quantitative estimate of drug-likeness (QED) is 0.288. The fraction of sp³-hybridized carbons (Fsp3) is 0.417. The molecule has 0 saturated carbocycles. The minimum atomic E-state index is -4.67. The fourth-order valence-corrected chi connectivity index (χ4v) is 4.23. The molecular formula is C24H33N7O6S. The van der Waals surface area contributed by atoms with E-state index in [-0.39, 0.29) is 11.9 Å². The second-order valence-corrected chi connectivity index (χ2v) is 9.93. The van der Waals surface area contributed by atoms with E-state index in [9.17, 15) is 9.59 Å². The Morgan fingerprint density at radius 1 is 1.13 bits per heavy atom. The van der Waals surface area contributed by atoms with Crippen molar-refractivity contribution in [1.82, 2.24) is 25.0 Å². The maximum Gasteiger partial charge on any atom is 0.394 e. The molecule has 0 spiro atoms. The van der Waals surface area contributed by atoms with Gasteiger partial charge in [0.25, 0.3) is 5.91 Å². The van der Waals surface area contributed by atoms with Gasteiger partial charge >= 0.3 is 16.4 Å². The molecule has 1 aromatic carbocycles. The molecule has 206 valence electrons. The molecule has 0 atom stereocenters. The van der Waals surface area contributed by atoms with Crippen LogP contribution >= 0.6 is 0 Å². The van der Waals surface area contributed by atoms with Crippen molar-refractivity contribution in [3.8, 4) is 0 Å². The molecule has 0 bridgehead atoms. The number of hydrogen-bond donors (Lipinski definition) is 5. The highest BCUT2D eigenvalue weighted by atomic mass is 32.3. The number of pyridine rings is 1. The molecule has 14 heteroatoms. The molecule has 13 nitrogen and oxygen atoms in total. The van der Waals surface area contributed by atoms with Crippen LogP contribution in [-0.4, -0.2) is 68.3 Å². The van der Waals surface area contributed by atoms with Crippen LogP contribution in [-0.2, 0) is 23.5 Å². The molecule has 3 aromatic rings. The molecule has 0 unspecified atom stereocenters. The molecule has 0 aliphatic carbocycles. The summed E-state index contributed by atoms with van der Waals surface area (Å²) in [7, 11) is -4.67. The van der Waals surface area contributed by atoms with E-state index in [1.807, 2.05) is 17.7 Å². The SMILES string of the molecule is CCn1ncc2c(NC3CCN(C(N)=O)CC3)c(C(=O)NCc3ccc(C)c(C)c3)cnc21.O=S(=O)(O)O. The van der Waals surface area contributed by atoms with Crippen LogP contribution in [0.25, 0.3) is 11.0 Å². The third kappa shape index (κ3) is 7.63. The number of aromatic nitrogens is 3. The van der Waals surface area contributed by atoms with Crippen LogP contribution in [0.3, 0.4) is 0 Å². The molecular weight excluding hydrogens is 514 g/mol. The molecule has 2 aromatic heterocycles. The van der Waals surface area contributed by atoms with Crippen LogP contribution in [0.2, 0.25) is 0 Å². The number of carbonyl (C=O) groups excluding carboxylic acids is 2. The Balaban J connectivity index is 0.000000732. The van der Waals surface area contributed by atoms with E-state index >= 15 is 0 Å². The number of likely N-dealkylation sites (tertiary alicyclic amines) is 1. The summed E-state index contributed by atoms with van der Waals surface area (Å²) >= 11 is 0. The van der Waals surface area contributed by atoms with Crippen LogP contribution in [0.1, 0.15) is 46.8 Å². The zero-order valence-corrected chi connectivity index (χ0v) is 22.3. The molecule has 1 aliphatic heterocycles. The number of carbonyl (C=O) groups is 2. The summed E-state index contributed by atoms with van der Waals surface area (Å²) in [6.45, 7) is 8.43. The van der Waals surface area contributed by atoms with Crippen molar-refractivity contribution >= 4 is 39.1 Å². The highest BCUT2D eigenvalue weighted by molar-refractivity contribution is 7.79. The van der Waals surface area contributed by atoms with Gasteiger partial charge < -0.3 is 21.3 Å². The molecule has 3 heterocycles. The highest BCUT2D eigenvalue weighted by Crippen LogP contribution is 2.28. The van der Waals surface area contributed by atoms with Gasteiger partial charge in [0.05, 0.1) is 22.8 Å². The highest BCUT2D eigenvalue weighted by Gasteiger charge is 2.25. The fourth-order valence-electron chi connectivity index (χ4n) is 4.23. The summed E-state index contributed by atoms with van der Waals surface area (Å²) in [5.74, 6) is -0.191. The van der Waals surface area contributed by atoms with Crippen molar-refractivity contribution in [1.29, 1.82) is 0 Å². The lowest BCUT2D eigenvalue weighted by atomic mass is 10.0. The summed E-state index contributed by atoms with van der Waals surface area (Å²) in [5.41, 5.74) is 10.8. The van der Waals surface area contributed by atoms with E-state index in [0.29, 0.717) is 31.7 Å². The third-order valence-electron chi connectivity index (χ3n) is 6.39. The largest absolute Gasteiger partial charge is 0.394 e. The van der Waals surface area contributed by atoms with Gasteiger partial charge in [-0.1, -0.05) is 18.2 Å². The lowest BCUT2D eigenvalue weighted by Crippen LogP contribution is -2.44. The van der Waals surface area contributed by atoms with Crippen molar-refractivity contribution in [2.45, 2.75) is 52.7 Å². The first-order valence-corrected chi connectivity index (χ1v) is 13.5. The lowest BCUT2D eigenvalue weighted by molar-refractivity contribution is 0.0951. The number of urea groups is 1. The number of fused-ring (bicyclic) bond motifs is 1. The predicted octanol–water partition coefficient (Wildman–Crippen LogP) is 2.30. The van der Waals surface area contributed by atoms with Crippen LogP contribution < -0.4 is 16.4 Å². The summed E-state index contributed by atoms with van der Waals surface area (Å²) in [5, 5.41) is 11.8.